The molecule has 0 atom stereocenters. The smallest absolute Gasteiger partial charge is 0.340 e. The highest BCUT2D eigenvalue weighted by molar-refractivity contribution is 5.74. The summed E-state index contributed by atoms with van der Waals surface area (Å²) in [7, 11) is 0. The molecule has 3 nitrogen and oxygen atoms in total. The number of carbonyl (C=O) groups excluding carboxylic acids is 1. The number of carbonyl (C=O) groups is 1. The fourth-order valence-electron chi connectivity index (χ4n) is 1.12. The van der Waals surface area contributed by atoms with Crippen molar-refractivity contribution in [2.24, 2.45) is 0 Å². The Morgan fingerprint density at radius 3 is 2.46 bits per heavy atom. The molecule has 1 saturated heterocycles. The number of nitrogens with zero attached hydrogens (tertiary/aromatic N) is 1. The molecule has 1 N–H and O–H groups in total. The van der Waals surface area contributed by atoms with Crippen LogP contribution in [0.5, 0.6) is 0 Å². The molecule has 0 aliphatic carbocycles. The lowest BCUT2D eigenvalue weighted by molar-refractivity contribution is -0.137. The average molecular weight is 196 g/mol. The Morgan fingerprint density at radius 2 is 2.08 bits per heavy atom. The SMILES string of the molecule is CC(=O)N1CC(NCC(F)(F)F)C1. The van der Waals surface area contributed by atoms with Crippen LogP contribution in [0.15, 0.2) is 0 Å². The zero-order valence-electron chi connectivity index (χ0n) is 7.19. The highest BCUT2D eigenvalue weighted by Crippen LogP contribution is 2.14. The zero-order chi connectivity index (χ0) is 10.1. The van der Waals surface area contributed by atoms with Gasteiger partial charge in [-0.15, -0.1) is 0 Å². The molecule has 1 aliphatic rings. The van der Waals surface area contributed by atoms with E-state index in [9.17, 15) is 18.0 Å². The largest absolute Gasteiger partial charge is 0.401 e. The van der Waals surface area contributed by atoms with Crippen molar-refractivity contribution in [1.29, 1.82) is 0 Å². The number of alkyl halides is 3. The minimum absolute atomic E-state index is 0.0925. The Kier molecular flexibility index (Phi) is 2.80. The van der Waals surface area contributed by atoms with Gasteiger partial charge in [-0.1, -0.05) is 0 Å². The van der Waals surface area contributed by atoms with Crippen LogP contribution in [0.2, 0.25) is 0 Å². The standard InChI is InChI=1S/C7H11F3N2O/c1-5(13)12-2-6(3-12)11-4-7(8,9)10/h6,11H,2-4H2,1H3. The quantitative estimate of drug-likeness (QED) is 0.692. The summed E-state index contributed by atoms with van der Waals surface area (Å²) in [6.07, 6.45) is -4.17. The van der Waals surface area contributed by atoms with Crippen LogP contribution in [0.4, 0.5) is 13.2 Å². The van der Waals surface area contributed by atoms with Crippen molar-refractivity contribution in [2.45, 2.75) is 19.1 Å². The van der Waals surface area contributed by atoms with E-state index in [1.807, 2.05) is 0 Å². The number of rotatable bonds is 2. The maximum absolute atomic E-state index is 11.7. The lowest BCUT2D eigenvalue weighted by Crippen LogP contribution is -2.60. The second-order valence-corrected chi connectivity index (χ2v) is 3.12. The summed E-state index contributed by atoms with van der Waals surface area (Å²) in [4.78, 5) is 12.1. The third-order valence-corrected chi connectivity index (χ3v) is 1.92. The van der Waals surface area contributed by atoms with Gasteiger partial charge in [-0.2, -0.15) is 13.2 Å². The molecule has 0 aromatic carbocycles. The van der Waals surface area contributed by atoms with Crippen LogP contribution >= 0.6 is 0 Å². The van der Waals surface area contributed by atoms with E-state index in [1.165, 1.54) is 11.8 Å². The zero-order valence-corrected chi connectivity index (χ0v) is 7.19. The van der Waals surface area contributed by atoms with Crippen LogP contribution in [0, 0.1) is 0 Å². The maximum Gasteiger partial charge on any atom is 0.401 e. The predicted molar refractivity (Wildman–Crippen MR) is 40.1 cm³/mol. The molecule has 6 heteroatoms. The van der Waals surface area contributed by atoms with E-state index in [1.54, 1.807) is 0 Å². The van der Waals surface area contributed by atoms with E-state index in [0.29, 0.717) is 13.1 Å². The van der Waals surface area contributed by atoms with Crippen molar-refractivity contribution in [3.8, 4) is 0 Å². The van der Waals surface area contributed by atoms with Gasteiger partial charge in [0.05, 0.1) is 6.54 Å². The molecule has 0 aromatic heterocycles. The van der Waals surface area contributed by atoms with Crippen LogP contribution < -0.4 is 5.32 Å². The van der Waals surface area contributed by atoms with E-state index in [-0.39, 0.29) is 11.9 Å². The molecule has 0 spiro atoms. The Morgan fingerprint density at radius 1 is 1.54 bits per heavy atom. The van der Waals surface area contributed by atoms with Crippen molar-refractivity contribution in [3.05, 3.63) is 0 Å². The first-order valence-corrected chi connectivity index (χ1v) is 3.94. The minimum atomic E-state index is -4.17. The number of nitrogens with one attached hydrogen (secondary N) is 1. The van der Waals surface area contributed by atoms with Gasteiger partial charge in [0.25, 0.3) is 0 Å². The Hall–Kier alpha value is -0.780. The molecule has 0 aromatic rings. The van der Waals surface area contributed by atoms with E-state index in [4.69, 9.17) is 0 Å². The summed E-state index contributed by atoms with van der Waals surface area (Å²) in [5, 5.41) is 2.32. The second kappa shape index (κ2) is 3.53. The summed E-state index contributed by atoms with van der Waals surface area (Å²) >= 11 is 0. The van der Waals surface area contributed by atoms with Crippen molar-refractivity contribution >= 4 is 5.91 Å². The van der Waals surface area contributed by atoms with Gasteiger partial charge in [0, 0.05) is 26.1 Å². The number of hydrogen-bond acceptors (Lipinski definition) is 2. The normalized spacial score (nSPS) is 18.6. The molecule has 13 heavy (non-hydrogen) atoms. The lowest BCUT2D eigenvalue weighted by atomic mass is 10.1. The van der Waals surface area contributed by atoms with Crippen molar-refractivity contribution < 1.29 is 18.0 Å². The number of hydrogen-bond donors (Lipinski definition) is 1. The molecule has 1 fully saturated rings. The van der Waals surface area contributed by atoms with Gasteiger partial charge in [0.2, 0.25) is 5.91 Å². The highest BCUT2D eigenvalue weighted by atomic mass is 19.4. The Balaban J connectivity index is 2.12. The first kappa shape index (κ1) is 10.3. The van der Waals surface area contributed by atoms with E-state index in [2.05, 4.69) is 5.32 Å². The van der Waals surface area contributed by atoms with Gasteiger partial charge < -0.3 is 10.2 Å². The van der Waals surface area contributed by atoms with Gasteiger partial charge in [0.1, 0.15) is 0 Å². The molecule has 0 saturated carbocycles. The van der Waals surface area contributed by atoms with Crippen molar-refractivity contribution in [2.75, 3.05) is 19.6 Å². The fraction of sp³-hybridized carbons (Fsp3) is 0.857. The second-order valence-electron chi connectivity index (χ2n) is 3.12. The number of halogens is 3. The van der Waals surface area contributed by atoms with Gasteiger partial charge in [-0.3, -0.25) is 4.79 Å². The fourth-order valence-corrected chi connectivity index (χ4v) is 1.12. The van der Waals surface area contributed by atoms with Crippen molar-refractivity contribution in [1.82, 2.24) is 10.2 Å². The minimum Gasteiger partial charge on any atom is -0.340 e. The number of likely N-dealkylation sites (tertiary alicyclic amines) is 1. The Labute approximate surface area is 73.9 Å². The molecule has 1 rings (SSSR count). The molecule has 1 amide bonds. The molecular weight excluding hydrogens is 185 g/mol. The molecular formula is C7H11F3N2O. The van der Waals surface area contributed by atoms with Crippen molar-refractivity contribution in [3.63, 3.8) is 0 Å². The summed E-state index contributed by atoms with van der Waals surface area (Å²) in [6.45, 7) is 1.18. The third-order valence-electron chi connectivity index (χ3n) is 1.92. The van der Waals surface area contributed by atoms with E-state index < -0.39 is 12.7 Å². The Bertz CT molecular complexity index is 198. The highest BCUT2D eigenvalue weighted by Gasteiger charge is 2.33. The van der Waals surface area contributed by atoms with Crippen LogP contribution in [0.25, 0.3) is 0 Å². The summed E-state index contributed by atoms with van der Waals surface area (Å²) in [6, 6.07) is -0.203. The van der Waals surface area contributed by atoms with Crippen LogP contribution in [0.3, 0.4) is 0 Å². The molecule has 0 radical (unpaired) electrons. The van der Waals surface area contributed by atoms with E-state index in [0.717, 1.165) is 0 Å². The molecule has 1 aliphatic heterocycles. The molecule has 1 heterocycles. The van der Waals surface area contributed by atoms with E-state index >= 15 is 0 Å². The average Bonchev–Trinajstić information content (AvgIpc) is 1.79. The van der Waals surface area contributed by atoms with Gasteiger partial charge in [0.15, 0.2) is 0 Å². The van der Waals surface area contributed by atoms with Crippen LogP contribution in [-0.4, -0.2) is 42.7 Å². The maximum atomic E-state index is 11.7. The molecule has 0 bridgehead atoms. The van der Waals surface area contributed by atoms with Gasteiger partial charge in [-0.05, 0) is 0 Å². The predicted octanol–water partition coefficient (Wildman–Crippen LogP) is 0.369. The van der Waals surface area contributed by atoms with Crippen LogP contribution in [-0.2, 0) is 4.79 Å². The summed E-state index contributed by atoms with van der Waals surface area (Å²) in [5.41, 5.74) is 0. The lowest BCUT2D eigenvalue weighted by Gasteiger charge is -2.39. The third kappa shape index (κ3) is 3.22. The molecule has 76 valence electrons. The monoisotopic (exact) mass is 196 g/mol. The number of amides is 1. The van der Waals surface area contributed by atoms with Gasteiger partial charge in [-0.25, -0.2) is 0 Å². The summed E-state index contributed by atoms with van der Waals surface area (Å²) in [5.74, 6) is -0.0925. The first-order valence-electron chi connectivity index (χ1n) is 3.94. The van der Waals surface area contributed by atoms with Crippen LogP contribution in [0.1, 0.15) is 6.92 Å². The molecule has 0 unspecified atom stereocenters. The van der Waals surface area contributed by atoms with Gasteiger partial charge >= 0.3 is 6.18 Å². The first-order chi connectivity index (χ1) is 5.88. The summed E-state index contributed by atoms with van der Waals surface area (Å²) < 4.78 is 35.1. The topological polar surface area (TPSA) is 32.3 Å².